The summed E-state index contributed by atoms with van der Waals surface area (Å²) in [7, 11) is 0. The molecule has 1 aliphatic heterocycles. The van der Waals surface area contributed by atoms with Crippen molar-refractivity contribution in [3.8, 4) is 0 Å². The van der Waals surface area contributed by atoms with Gasteiger partial charge in [0.25, 0.3) is 11.5 Å². The summed E-state index contributed by atoms with van der Waals surface area (Å²) in [6.45, 7) is 0.545. The molecule has 1 amide bonds. The predicted molar refractivity (Wildman–Crippen MR) is 136 cm³/mol. The van der Waals surface area contributed by atoms with Crippen molar-refractivity contribution in [2.24, 2.45) is 0 Å². The van der Waals surface area contributed by atoms with Gasteiger partial charge in [0.2, 0.25) is 0 Å². The molecule has 0 unspecified atom stereocenters. The van der Waals surface area contributed by atoms with E-state index in [9.17, 15) is 19.5 Å². The number of amides is 1. The van der Waals surface area contributed by atoms with E-state index in [0.29, 0.717) is 35.4 Å². The quantitative estimate of drug-likeness (QED) is 0.376. The summed E-state index contributed by atoms with van der Waals surface area (Å²) in [4.78, 5) is 42.3. The second kappa shape index (κ2) is 9.02. The number of allylic oxidation sites excluding steroid dienone is 1. The van der Waals surface area contributed by atoms with Crippen molar-refractivity contribution in [1.29, 1.82) is 0 Å². The highest BCUT2D eigenvalue weighted by Crippen LogP contribution is 2.29. The summed E-state index contributed by atoms with van der Waals surface area (Å²) in [5.74, 6) is -1.40. The second-order valence-electron chi connectivity index (χ2n) is 8.03. The van der Waals surface area contributed by atoms with E-state index in [1.54, 1.807) is 22.8 Å². The number of carboxylic acid groups (broad SMARTS) is 1. The van der Waals surface area contributed by atoms with Gasteiger partial charge in [-0.3, -0.25) is 14.2 Å². The Kier molecular flexibility index (Phi) is 5.88. The van der Waals surface area contributed by atoms with Crippen LogP contribution < -0.4 is 10.9 Å². The third-order valence-electron chi connectivity index (χ3n) is 5.78. The first-order chi connectivity index (χ1) is 16.8. The van der Waals surface area contributed by atoms with Gasteiger partial charge in [-0.05, 0) is 54.0 Å². The molecule has 7 nitrogen and oxygen atoms in total. The molecule has 5 rings (SSSR count). The summed E-state index contributed by atoms with van der Waals surface area (Å²) >= 11 is 11.9. The number of fused-ring (bicyclic) bond motifs is 2. The van der Waals surface area contributed by atoms with Gasteiger partial charge in [-0.15, -0.1) is 0 Å². The van der Waals surface area contributed by atoms with E-state index in [1.807, 2.05) is 36.4 Å². The molecule has 3 aromatic carbocycles. The molecule has 4 aromatic rings. The maximum Gasteiger partial charge on any atom is 0.336 e. The second-order valence-corrected chi connectivity index (χ2v) is 8.84. The maximum absolute atomic E-state index is 13.1. The molecule has 9 heteroatoms. The van der Waals surface area contributed by atoms with E-state index < -0.39 is 11.9 Å². The zero-order valence-electron chi connectivity index (χ0n) is 18.1. The highest BCUT2D eigenvalue weighted by molar-refractivity contribution is 6.42. The molecule has 1 aromatic heterocycles. The number of carboxylic acids is 1. The molecule has 2 N–H and O–H groups in total. The molecule has 0 saturated heterocycles. The zero-order valence-corrected chi connectivity index (χ0v) is 19.6. The van der Waals surface area contributed by atoms with Gasteiger partial charge in [0.05, 0.1) is 32.1 Å². The van der Waals surface area contributed by atoms with Crippen molar-refractivity contribution in [1.82, 2.24) is 9.55 Å². The van der Waals surface area contributed by atoms with E-state index in [1.165, 1.54) is 6.07 Å². The molecule has 0 fully saturated rings. The van der Waals surface area contributed by atoms with Gasteiger partial charge in [0, 0.05) is 12.2 Å². The van der Waals surface area contributed by atoms with Crippen LogP contribution >= 0.6 is 23.2 Å². The standard InChI is InChI=1S/C26H17Cl2N3O4/c27-20-12-18(19(26(34)35)13-21(20)28)24(32)29-16-6-7-17-22(11-16)30-23-15(8-9-31(23)25(17)33)10-14-4-2-1-3-5-14/h1-7,10-13H,8-9H2,(H,29,32)(H,34,35). The molecule has 35 heavy (non-hydrogen) atoms. The number of aromatic nitrogens is 2. The first kappa shape index (κ1) is 22.8. The Hall–Kier alpha value is -3.94. The largest absolute Gasteiger partial charge is 0.478 e. The van der Waals surface area contributed by atoms with E-state index in [-0.39, 0.29) is 26.7 Å². The third-order valence-corrected chi connectivity index (χ3v) is 6.50. The van der Waals surface area contributed by atoms with Crippen LogP contribution in [0.5, 0.6) is 0 Å². The number of carbonyl (C=O) groups excluding carboxylic acids is 1. The van der Waals surface area contributed by atoms with Gasteiger partial charge >= 0.3 is 5.97 Å². The van der Waals surface area contributed by atoms with Crippen LogP contribution in [0.3, 0.4) is 0 Å². The highest BCUT2D eigenvalue weighted by atomic mass is 35.5. The minimum absolute atomic E-state index is 0.0317. The Morgan fingerprint density at radius 1 is 1.00 bits per heavy atom. The van der Waals surface area contributed by atoms with E-state index in [4.69, 9.17) is 28.2 Å². The van der Waals surface area contributed by atoms with Gasteiger partial charge in [-0.1, -0.05) is 53.5 Å². The Labute approximate surface area is 209 Å². The van der Waals surface area contributed by atoms with Crippen molar-refractivity contribution < 1.29 is 14.7 Å². The van der Waals surface area contributed by atoms with Crippen LogP contribution in [0.4, 0.5) is 5.69 Å². The van der Waals surface area contributed by atoms with Gasteiger partial charge in [-0.25, -0.2) is 9.78 Å². The topological polar surface area (TPSA) is 101 Å². The number of halogens is 2. The highest BCUT2D eigenvalue weighted by Gasteiger charge is 2.22. The number of hydrogen-bond donors (Lipinski definition) is 2. The summed E-state index contributed by atoms with van der Waals surface area (Å²) < 4.78 is 1.66. The molecule has 0 saturated carbocycles. The lowest BCUT2D eigenvalue weighted by atomic mass is 10.1. The molecular weight excluding hydrogens is 489 g/mol. The minimum Gasteiger partial charge on any atom is -0.478 e. The number of nitrogens with one attached hydrogen (secondary N) is 1. The predicted octanol–water partition coefficient (Wildman–Crippen LogP) is 5.60. The van der Waals surface area contributed by atoms with Gasteiger partial charge in [0.15, 0.2) is 0 Å². The van der Waals surface area contributed by atoms with Crippen molar-refractivity contribution in [3.63, 3.8) is 0 Å². The van der Waals surface area contributed by atoms with Gasteiger partial charge < -0.3 is 10.4 Å². The Bertz CT molecular complexity index is 1610. The van der Waals surface area contributed by atoms with E-state index in [0.717, 1.165) is 17.2 Å². The molecular formula is C26H17Cl2N3O4. The van der Waals surface area contributed by atoms with Crippen LogP contribution in [0.25, 0.3) is 22.6 Å². The molecule has 0 radical (unpaired) electrons. The van der Waals surface area contributed by atoms with Crippen LogP contribution in [0.2, 0.25) is 10.0 Å². The molecule has 1 aliphatic rings. The van der Waals surface area contributed by atoms with Crippen molar-refractivity contribution >= 4 is 63.3 Å². The number of carbonyl (C=O) groups is 2. The van der Waals surface area contributed by atoms with Crippen molar-refractivity contribution in [2.75, 3.05) is 5.32 Å². The molecule has 0 spiro atoms. The first-order valence-electron chi connectivity index (χ1n) is 10.7. The van der Waals surface area contributed by atoms with Crippen molar-refractivity contribution in [3.05, 3.63) is 104 Å². The third kappa shape index (κ3) is 4.32. The number of benzene rings is 3. The lowest BCUT2D eigenvalue weighted by molar-refractivity contribution is 0.0692. The zero-order chi connectivity index (χ0) is 24.7. The Morgan fingerprint density at radius 2 is 1.71 bits per heavy atom. The van der Waals surface area contributed by atoms with Crippen molar-refractivity contribution in [2.45, 2.75) is 13.0 Å². The maximum atomic E-state index is 13.1. The monoisotopic (exact) mass is 505 g/mol. The molecule has 0 atom stereocenters. The molecule has 0 bridgehead atoms. The average Bonchev–Trinajstić information content (AvgIpc) is 3.23. The first-order valence-corrected chi connectivity index (χ1v) is 11.4. The fourth-order valence-corrected chi connectivity index (χ4v) is 4.42. The summed E-state index contributed by atoms with van der Waals surface area (Å²) in [6.07, 6.45) is 2.70. The molecule has 2 heterocycles. The van der Waals surface area contributed by atoms with Crippen LogP contribution in [0.1, 0.15) is 38.5 Å². The normalized spacial score (nSPS) is 13.7. The van der Waals surface area contributed by atoms with Gasteiger partial charge in [0.1, 0.15) is 5.82 Å². The van der Waals surface area contributed by atoms with Crippen LogP contribution in [-0.2, 0) is 6.54 Å². The number of nitrogens with zero attached hydrogens (tertiary/aromatic N) is 2. The number of aromatic carboxylic acids is 1. The summed E-state index contributed by atoms with van der Waals surface area (Å²) in [6, 6.07) is 16.9. The number of hydrogen-bond acceptors (Lipinski definition) is 4. The SMILES string of the molecule is O=C(O)c1cc(Cl)c(Cl)cc1C(=O)Nc1ccc2c(=O)n3c(nc2c1)C(=Cc1ccccc1)CC3. The van der Waals surface area contributed by atoms with E-state index in [2.05, 4.69) is 5.32 Å². The lowest BCUT2D eigenvalue weighted by Crippen LogP contribution is -2.21. The smallest absolute Gasteiger partial charge is 0.336 e. The van der Waals surface area contributed by atoms with Gasteiger partial charge in [-0.2, -0.15) is 0 Å². The number of anilines is 1. The number of rotatable bonds is 4. The summed E-state index contributed by atoms with van der Waals surface area (Å²) in [5.41, 5.74) is 2.18. The summed E-state index contributed by atoms with van der Waals surface area (Å²) in [5, 5.41) is 12.6. The van der Waals surface area contributed by atoms with Crippen LogP contribution in [-0.4, -0.2) is 26.5 Å². The minimum atomic E-state index is -1.31. The average molecular weight is 506 g/mol. The molecule has 174 valence electrons. The Morgan fingerprint density at radius 3 is 2.43 bits per heavy atom. The fraction of sp³-hybridized carbons (Fsp3) is 0.0769. The van der Waals surface area contributed by atoms with Crippen LogP contribution in [0, 0.1) is 0 Å². The Balaban J connectivity index is 1.52. The molecule has 0 aliphatic carbocycles. The van der Waals surface area contributed by atoms with E-state index >= 15 is 0 Å². The van der Waals surface area contributed by atoms with Crippen LogP contribution in [0.15, 0.2) is 65.5 Å². The lowest BCUT2D eigenvalue weighted by Gasteiger charge is -2.11. The fourth-order valence-electron chi connectivity index (χ4n) is 4.09.